The number of rotatable bonds is 4. The number of aromatic nitrogens is 3. The third-order valence-electron chi connectivity index (χ3n) is 10.4. The van der Waals surface area contributed by atoms with Gasteiger partial charge in [0, 0.05) is 42.5 Å². The fourth-order valence-electron chi connectivity index (χ4n) is 8.31. The van der Waals surface area contributed by atoms with E-state index in [9.17, 15) is 8.78 Å². The summed E-state index contributed by atoms with van der Waals surface area (Å²) in [6, 6.07) is 7.60. The van der Waals surface area contributed by atoms with Gasteiger partial charge in [0.25, 0.3) is 0 Å². The van der Waals surface area contributed by atoms with Crippen molar-refractivity contribution in [1.82, 2.24) is 25.2 Å². The van der Waals surface area contributed by atoms with Crippen LogP contribution in [0.25, 0.3) is 32.9 Å². The molecule has 9 rings (SSSR count). The van der Waals surface area contributed by atoms with E-state index in [-0.39, 0.29) is 65.4 Å². The molecule has 0 amide bonds. The van der Waals surface area contributed by atoms with Gasteiger partial charge in [0.1, 0.15) is 41.8 Å². The molecule has 44 heavy (non-hydrogen) atoms. The van der Waals surface area contributed by atoms with E-state index < -0.39 is 29.2 Å². The number of fused-ring (bicyclic) bond motifs is 7. The number of anilines is 1. The molecule has 0 spiro atoms. The highest BCUT2D eigenvalue weighted by atomic mass is 19.2. The number of halogens is 4. The van der Waals surface area contributed by atoms with Crippen molar-refractivity contribution in [2.45, 2.75) is 61.9 Å². The molecule has 0 aliphatic carbocycles. The molecule has 4 saturated heterocycles. The van der Waals surface area contributed by atoms with Gasteiger partial charge in [0.15, 0.2) is 17.5 Å². The van der Waals surface area contributed by atoms with Crippen molar-refractivity contribution in [2.24, 2.45) is 0 Å². The van der Waals surface area contributed by atoms with Crippen LogP contribution in [0.4, 0.5) is 23.4 Å². The van der Waals surface area contributed by atoms with Gasteiger partial charge in [0.2, 0.25) is 5.88 Å². The van der Waals surface area contributed by atoms with Gasteiger partial charge in [-0.2, -0.15) is 9.97 Å². The third-order valence-corrected chi connectivity index (χ3v) is 10.4. The summed E-state index contributed by atoms with van der Waals surface area (Å²) < 4.78 is 73.4. The lowest BCUT2D eigenvalue weighted by atomic mass is 9.95. The summed E-state index contributed by atoms with van der Waals surface area (Å²) in [5.74, 6) is -2.32. The normalized spacial score (nSPS) is 29.1. The molecule has 2 bridgehead atoms. The molecular weight excluding hydrogens is 576 g/mol. The summed E-state index contributed by atoms with van der Waals surface area (Å²) in [5, 5.41) is 4.30. The SMILES string of the molecule is Fc1ccc2cccc(-c3nc4c5c(nc(OC[C@@]67CCCN6C[C@H](F)C7)nc5c3F)N3C[C@@H]5CC[C@@H](N5)C3CO4)c2c1F. The Morgan fingerprint density at radius 2 is 1.93 bits per heavy atom. The topological polar surface area (TPSA) is 75.6 Å². The van der Waals surface area contributed by atoms with Crippen LogP contribution < -0.4 is 19.7 Å². The number of alkyl halides is 1. The Kier molecular flexibility index (Phi) is 5.82. The van der Waals surface area contributed by atoms with Crippen molar-refractivity contribution in [1.29, 1.82) is 0 Å². The molecular formula is C32H30F4N6O2. The lowest BCUT2D eigenvalue weighted by Crippen LogP contribution is -2.60. The Bertz CT molecular complexity index is 1840. The van der Waals surface area contributed by atoms with E-state index in [1.807, 2.05) is 0 Å². The number of hydrogen-bond acceptors (Lipinski definition) is 8. The summed E-state index contributed by atoms with van der Waals surface area (Å²) >= 11 is 0. The van der Waals surface area contributed by atoms with Gasteiger partial charge in [-0.25, -0.2) is 22.5 Å². The van der Waals surface area contributed by atoms with E-state index in [4.69, 9.17) is 14.5 Å². The minimum Gasteiger partial charge on any atom is -0.475 e. The molecule has 5 atom stereocenters. The summed E-state index contributed by atoms with van der Waals surface area (Å²) in [5.41, 5.74) is -0.622. The maximum absolute atomic E-state index is 16.8. The van der Waals surface area contributed by atoms with Crippen molar-refractivity contribution >= 4 is 27.5 Å². The van der Waals surface area contributed by atoms with Crippen LogP contribution in [-0.2, 0) is 0 Å². The van der Waals surface area contributed by atoms with Crippen LogP contribution >= 0.6 is 0 Å². The smallest absolute Gasteiger partial charge is 0.319 e. The Hall–Kier alpha value is -3.77. The molecule has 8 nitrogen and oxygen atoms in total. The molecule has 2 aromatic carbocycles. The second-order valence-corrected chi connectivity index (χ2v) is 12.8. The zero-order chi connectivity index (χ0) is 29.7. The standard InChI is InChI=1S/C32H30F4N6O2/c33-17-11-32(9-2-10-41(32)12-17)15-44-31-39-28-24-29(40-31)42-13-18-6-8-21(37-18)22(42)14-43-30(24)38-27(26(28)36)19-4-1-3-16-5-7-20(34)25(35)23(16)19/h1,3-5,7,17-18,21-22,37H,2,6,8-15H2/t17-,18+,21-,22?,32+/m1/s1. The van der Waals surface area contributed by atoms with Crippen LogP contribution in [0, 0.1) is 17.5 Å². The van der Waals surface area contributed by atoms with Crippen molar-refractivity contribution in [2.75, 3.05) is 37.7 Å². The lowest BCUT2D eigenvalue weighted by Gasteiger charge is -2.40. The van der Waals surface area contributed by atoms with E-state index in [1.54, 1.807) is 12.1 Å². The highest BCUT2D eigenvalue weighted by Crippen LogP contribution is 2.45. The van der Waals surface area contributed by atoms with Crippen LogP contribution in [0.3, 0.4) is 0 Å². The number of nitrogens with one attached hydrogen (secondary N) is 1. The number of nitrogens with zero attached hydrogens (tertiary/aromatic N) is 5. The molecule has 228 valence electrons. The fraction of sp³-hybridized carbons (Fsp3) is 0.469. The lowest BCUT2D eigenvalue weighted by molar-refractivity contribution is 0.107. The monoisotopic (exact) mass is 606 g/mol. The van der Waals surface area contributed by atoms with E-state index in [1.165, 1.54) is 12.1 Å². The number of pyridine rings is 1. The van der Waals surface area contributed by atoms with Gasteiger partial charge >= 0.3 is 6.01 Å². The minimum absolute atomic E-state index is 0.0142. The second-order valence-electron chi connectivity index (χ2n) is 12.8. The van der Waals surface area contributed by atoms with E-state index in [2.05, 4.69) is 25.1 Å². The quantitative estimate of drug-likeness (QED) is 0.329. The molecule has 5 aliphatic heterocycles. The van der Waals surface area contributed by atoms with Crippen LogP contribution in [0.5, 0.6) is 11.9 Å². The third kappa shape index (κ3) is 3.86. The summed E-state index contributed by atoms with van der Waals surface area (Å²) in [6.45, 7) is 2.30. The summed E-state index contributed by atoms with van der Waals surface area (Å²) in [6.07, 6.45) is 3.20. The van der Waals surface area contributed by atoms with Gasteiger partial charge < -0.3 is 19.7 Å². The average molecular weight is 607 g/mol. The molecule has 4 fully saturated rings. The number of piperazine rings is 1. The Morgan fingerprint density at radius 1 is 1.02 bits per heavy atom. The molecule has 7 heterocycles. The van der Waals surface area contributed by atoms with Crippen LogP contribution in [0.15, 0.2) is 30.3 Å². The van der Waals surface area contributed by atoms with Crippen LogP contribution in [0.2, 0.25) is 0 Å². The molecule has 12 heteroatoms. The van der Waals surface area contributed by atoms with Crippen LogP contribution in [0.1, 0.15) is 32.1 Å². The van der Waals surface area contributed by atoms with Crippen molar-refractivity contribution in [3.8, 4) is 23.1 Å². The zero-order valence-electron chi connectivity index (χ0n) is 23.8. The van der Waals surface area contributed by atoms with Gasteiger partial charge in [-0.1, -0.05) is 24.3 Å². The van der Waals surface area contributed by atoms with Gasteiger partial charge in [0.05, 0.1) is 11.6 Å². The Balaban J connectivity index is 1.23. The highest BCUT2D eigenvalue weighted by molar-refractivity contribution is 6.01. The fourth-order valence-corrected chi connectivity index (χ4v) is 8.31. The molecule has 2 aromatic heterocycles. The van der Waals surface area contributed by atoms with Gasteiger partial charge in [-0.3, -0.25) is 4.90 Å². The average Bonchev–Trinajstić information content (AvgIpc) is 3.66. The van der Waals surface area contributed by atoms with Crippen molar-refractivity contribution in [3.63, 3.8) is 0 Å². The largest absolute Gasteiger partial charge is 0.475 e. The molecule has 0 saturated carbocycles. The zero-order valence-corrected chi connectivity index (χ0v) is 23.8. The van der Waals surface area contributed by atoms with Crippen molar-refractivity contribution in [3.05, 3.63) is 47.8 Å². The first kappa shape index (κ1) is 26.6. The predicted octanol–water partition coefficient (Wildman–Crippen LogP) is 4.92. The second kappa shape index (κ2) is 9.61. The molecule has 5 aliphatic rings. The summed E-state index contributed by atoms with van der Waals surface area (Å²) in [4.78, 5) is 18.3. The number of hydrogen-bond donors (Lipinski definition) is 1. The summed E-state index contributed by atoms with van der Waals surface area (Å²) in [7, 11) is 0. The molecule has 4 aromatic rings. The Morgan fingerprint density at radius 3 is 2.84 bits per heavy atom. The van der Waals surface area contributed by atoms with Gasteiger partial charge in [-0.05, 0) is 43.7 Å². The number of benzene rings is 2. The Labute approximate surface area is 250 Å². The number of ether oxygens (including phenoxy) is 2. The predicted molar refractivity (Wildman–Crippen MR) is 155 cm³/mol. The van der Waals surface area contributed by atoms with E-state index in [0.29, 0.717) is 36.1 Å². The molecule has 1 N–H and O–H groups in total. The molecule has 0 radical (unpaired) electrons. The van der Waals surface area contributed by atoms with E-state index in [0.717, 1.165) is 38.3 Å². The van der Waals surface area contributed by atoms with Crippen molar-refractivity contribution < 1.29 is 27.0 Å². The first-order valence-electron chi connectivity index (χ1n) is 15.3. The minimum atomic E-state index is -1.08. The molecule has 1 unspecified atom stereocenters. The first-order chi connectivity index (χ1) is 21.4. The van der Waals surface area contributed by atoms with Gasteiger partial charge in [-0.15, -0.1) is 0 Å². The maximum Gasteiger partial charge on any atom is 0.319 e. The van der Waals surface area contributed by atoms with Crippen LogP contribution in [-0.4, -0.2) is 82.5 Å². The van der Waals surface area contributed by atoms with E-state index >= 15 is 8.78 Å². The highest BCUT2D eigenvalue weighted by Gasteiger charge is 2.50. The maximum atomic E-state index is 16.8. The first-order valence-corrected chi connectivity index (χ1v) is 15.3.